The summed E-state index contributed by atoms with van der Waals surface area (Å²) in [5, 5.41) is 0. The van der Waals surface area contributed by atoms with Gasteiger partial charge in [-0.2, -0.15) is 0 Å². The maximum absolute atomic E-state index is 9.48. The number of hydrogen-bond donors (Lipinski definition) is 2. The minimum atomic E-state index is -2.71. The molecule has 0 aliphatic heterocycles. The molecule has 0 heterocycles. The molecule has 0 atom stereocenters. The van der Waals surface area contributed by atoms with E-state index in [-0.39, 0.29) is 0 Å². The predicted octanol–water partition coefficient (Wildman–Crippen LogP) is -1.28. The van der Waals surface area contributed by atoms with E-state index in [9.17, 15) is 16.8 Å². The van der Waals surface area contributed by atoms with Gasteiger partial charge in [0.1, 0.15) is 6.98 Å². The Morgan fingerprint density at radius 2 is 1.14 bits per heavy atom. The van der Waals surface area contributed by atoms with E-state index >= 15 is 0 Å². The van der Waals surface area contributed by atoms with Crippen molar-refractivity contribution < 1.29 is 16.8 Å². The second kappa shape index (κ2) is 3.35. The maximum atomic E-state index is 9.48. The van der Waals surface area contributed by atoms with Crippen molar-refractivity contribution in [3.8, 4) is 0 Å². The zero-order chi connectivity index (χ0) is 5.86. The molecule has 7 heavy (non-hydrogen) atoms. The molecule has 0 radical (unpaired) electrons. The Hall–Kier alpha value is 0.330. The Kier molecular flexibility index (Phi) is 3.50. The van der Waals surface area contributed by atoms with Crippen LogP contribution < -0.4 is 0 Å². The Morgan fingerprint density at radius 3 is 1.14 bits per heavy atom. The fourth-order valence-electron chi connectivity index (χ4n) is 0.0667. The van der Waals surface area contributed by atoms with Crippen LogP contribution in [0, 0.1) is 0 Å². The molecule has 0 unspecified atom stereocenters. The highest BCUT2D eigenvalue weighted by molar-refractivity contribution is 8.65. The Balaban J connectivity index is 3.77. The van der Waals surface area contributed by atoms with Gasteiger partial charge in [0.15, 0.2) is 20.6 Å². The average Bonchev–Trinajstić information content (AvgIpc) is 1.27. The van der Waals surface area contributed by atoms with Gasteiger partial charge in [-0.25, -0.2) is 16.8 Å². The summed E-state index contributed by atoms with van der Waals surface area (Å²) in [6.45, 7) is -0.948. The van der Waals surface area contributed by atoms with Crippen LogP contribution in [0.4, 0.5) is 0 Å². The van der Waals surface area contributed by atoms with E-state index in [4.69, 9.17) is 0 Å². The van der Waals surface area contributed by atoms with Crippen LogP contribution in [-0.4, -0.2) is 16.8 Å². The summed E-state index contributed by atoms with van der Waals surface area (Å²) in [6, 6.07) is 0. The summed E-state index contributed by atoms with van der Waals surface area (Å²) in [5.41, 5.74) is 0. The van der Waals surface area contributed by atoms with E-state index < -0.39 is 27.6 Å². The first kappa shape index (κ1) is 7.33. The van der Waals surface area contributed by atoms with Crippen LogP contribution in [0.15, 0.2) is 0 Å². The average molecular weight is 162 g/mol. The van der Waals surface area contributed by atoms with Crippen LogP contribution in [0.2, 0.25) is 0 Å². The number of thiol groups is 2. The molecule has 0 fully saturated rings. The van der Waals surface area contributed by atoms with E-state index in [1.807, 2.05) is 0 Å². The van der Waals surface area contributed by atoms with E-state index in [1.54, 1.807) is 0 Å². The largest absolute Gasteiger partial charge is 0.227 e. The topological polar surface area (TPSA) is 68.3 Å². The molecule has 44 valence electrons. The number of rotatable bonds is 2. The summed E-state index contributed by atoms with van der Waals surface area (Å²) in [4.78, 5) is 0. The molecule has 0 amide bonds. The van der Waals surface area contributed by atoms with Gasteiger partial charge in [0.25, 0.3) is 0 Å². The van der Waals surface area contributed by atoms with Gasteiger partial charge in [-0.15, -0.1) is 0 Å². The van der Waals surface area contributed by atoms with E-state index in [1.165, 1.54) is 0 Å². The lowest BCUT2D eigenvalue weighted by Crippen LogP contribution is -1.60. The van der Waals surface area contributed by atoms with Crippen LogP contribution in [0.25, 0.3) is 0 Å². The molecule has 0 aromatic carbocycles. The van der Waals surface area contributed by atoms with Crippen LogP contribution in [0.3, 0.4) is 0 Å². The zero-order valence-corrected chi connectivity index (χ0v) is 5.82. The van der Waals surface area contributed by atoms with Gasteiger partial charge in [0, 0.05) is 0 Å². The van der Waals surface area contributed by atoms with Crippen molar-refractivity contribution in [2.45, 2.75) is 0 Å². The Bertz CT molecular complexity index is 138. The Labute approximate surface area is 45.1 Å². The molecular weight excluding hydrogens is 159 g/mol. The minimum absolute atomic E-state index is 0.948. The molecule has 7 heteroatoms. The van der Waals surface area contributed by atoms with Crippen molar-refractivity contribution in [3.63, 3.8) is 0 Å². The van der Waals surface area contributed by atoms with Crippen LogP contribution in [-0.2, 0) is 20.6 Å². The van der Waals surface area contributed by atoms with Crippen molar-refractivity contribution >= 4 is 27.6 Å². The number of hydrogen-bond acceptors (Lipinski definition) is 4. The first-order chi connectivity index (χ1) is 3.13. The zero-order valence-electron chi connectivity index (χ0n) is 3.03. The van der Waals surface area contributed by atoms with Crippen molar-refractivity contribution in [2.75, 3.05) is 0 Å². The first-order valence-electron chi connectivity index (χ1n) is 1.18. The molecule has 0 spiro atoms. The molecule has 0 saturated heterocycles. The first-order valence-corrected chi connectivity index (χ1v) is 6.22. The highest BCUT2D eigenvalue weighted by Crippen LogP contribution is 2.07. The van der Waals surface area contributed by atoms with Crippen LogP contribution in [0.1, 0.15) is 0 Å². The lowest BCUT2D eigenvalue weighted by atomic mass is 15.9. The highest BCUT2D eigenvalue weighted by Gasteiger charge is 1.83. The van der Waals surface area contributed by atoms with Crippen molar-refractivity contribution in [2.24, 2.45) is 0 Å². The van der Waals surface area contributed by atoms with Gasteiger partial charge in [0.2, 0.25) is 0 Å². The van der Waals surface area contributed by atoms with Crippen molar-refractivity contribution in [1.29, 1.82) is 0 Å². The van der Waals surface area contributed by atoms with E-state index in [0.717, 1.165) is 0 Å². The molecule has 0 aliphatic rings. The fourth-order valence-corrected chi connectivity index (χ4v) is 1.80. The third kappa shape index (κ3) is 6.33. The maximum Gasteiger partial charge on any atom is 0.168 e. The SMILES string of the molecule is O=[SH](=O)P[SH](=O)=O. The lowest BCUT2D eigenvalue weighted by molar-refractivity contribution is 0.624. The lowest BCUT2D eigenvalue weighted by Gasteiger charge is -1.65. The molecule has 0 aromatic rings. The predicted molar refractivity (Wildman–Crippen MR) is 28.9 cm³/mol. The summed E-state index contributed by atoms with van der Waals surface area (Å²) < 4.78 is 37.9. The molecule has 0 aliphatic carbocycles. The van der Waals surface area contributed by atoms with Gasteiger partial charge in [-0.05, 0) is 0 Å². The van der Waals surface area contributed by atoms with Crippen molar-refractivity contribution in [1.82, 2.24) is 0 Å². The van der Waals surface area contributed by atoms with Gasteiger partial charge >= 0.3 is 0 Å². The van der Waals surface area contributed by atoms with E-state index in [0.29, 0.717) is 0 Å². The summed E-state index contributed by atoms with van der Waals surface area (Å²) in [7, 11) is -5.42. The second-order valence-corrected chi connectivity index (χ2v) is 6.43. The van der Waals surface area contributed by atoms with Gasteiger partial charge in [-0.3, -0.25) is 0 Å². The molecule has 4 nitrogen and oxygen atoms in total. The summed E-state index contributed by atoms with van der Waals surface area (Å²) >= 11 is 0. The molecule has 0 aromatic heterocycles. The summed E-state index contributed by atoms with van der Waals surface area (Å²) in [6.07, 6.45) is 0. The van der Waals surface area contributed by atoms with Crippen LogP contribution >= 0.6 is 6.98 Å². The van der Waals surface area contributed by atoms with Crippen LogP contribution in [0.5, 0.6) is 0 Å². The Morgan fingerprint density at radius 1 is 0.857 bits per heavy atom. The third-order valence-electron chi connectivity index (χ3n) is 0.163. The second-order valence-electron chi connectivity index (χ2n) is 0.614. The van der Waals surface area contributed by atoms with Gasteiger partial charge < -0.3 is 0 Å². The molecule has 0 saturated carbocycles. The molecule has 0 N–H and O–H groups in total. The van der Waals surface area contributed by atoms with Crippen molar-refractivity contribution in [3.05, 3.63) is 0 Å². The summed E-state index contributed by atoms with van der Waals surface area (Å²) in [5.74, 6) is 0. The van der Waals surface area contributed by atoms with Gasteiger partial charge in [0.05, 0.1) is 0 Å². The normalized spacial score (nSPS) is 10.6. The smallest absolute Gasteiger partial charge is 0.168 e. The molecule has 0 rings (SSSR count). The quantitative estimate of drug-likeness (QED) is 0.392. The molecule has 0 bridgehead atoms. The van der Waals surface area contributed by atoms with E-state index in [2.05, 4.69) is 0 Å². The molecular formula is H3O4PS2. The standard InChI is InChI=1S/H3O4PS2/c1-6(2)5-7(3)4/h5-7H. The van der Waals surface area contributed by atoms with Gasteiger partial charge in [-0.1, -0.05) is 0 Å². The fraction of sp³-hybridized carbons (Fsp3) is 0. The minimum Gasteiger partial charge on any atom is -0.227 e. The monoisotopic (exact) mass is 162 g/mol. The highest BCUT2D eigenvalue weighted by atomic mass is 33.1. The third-order valence-corrected chi connectivity index (χ3v) is 4.41.